The first-order valence-electron chi connectivity index (χ1n) is 10.3. The van der Waals surface area contributed by atoms with Crippen LogP contribution in [-0.4, -0.2) is 53.6 Å². The summed E-state index contributed by atoms with van der Waals surface area (Å²) in [4.78, 5) is 28.0. The molecule has 3 heterocycles. The highest BCUT2D eigenvalue weighted by Gasteiger charge is 2.23. The van der Waals surface area contributed by atoms with Crippen molar-refractivity contribution in [2.24, 2.45) is 0 Å². The summed E-state index contributed by atoms with van der Waals surface area (Å²) >= 11 is 1.74. The number of nitrogens with zero attached hydrogens (tertiary/aromatic N) is 4. The van der Waals surface area contributed by atoms with Gasteiger partial charge in [-0.05, 0) is 30.9 Å². The van der Waals surface area contributed by atoms with Gasteiger partial charge in [0.1, 0.15) is 17.0 Å². The number of fused-ring (bicyclic) bond motifs is 1. The zero-order chi connectivity index (χ0) is 20.1. The molecule has 2 amide bonds. The molecule has 3 aromatic rings. The van der Waals surface area contributed by atoms with E-state index < -0.39 is 0 Å². The number of hydrogen-bond donors (Lipinski definition) is 1. The minimum Gasteiger partial charge on any atom is -0.352 e. The molecule has 29 heavy (non-hydrogen) atoms. The number of rotatable bonds is 6. The van der Waals surface area contributed by atoms with E-state index in [-0.39, 0.29) is 6.03 Å². The number of anilines is 1. The molecule has 1 N–H and O–H groups in total. The van der Waals surface area contributed by atoms with Crippen LogP contribution >= 0.6 is 11.3 Å². The average molecular weight is 410 g/mol. The van der Waals surface area contributed by atoms with Crippen LogP contribution in [0.5, 0.6) is 0 Å². The maximum absolute atomic E-state index is 12.5. The highest BCUT2D eigenvalue weighted by Crippen LogP contribution is 2.30. The van der Waals surface area contributed by atoms with Crippen LogP contribution in [0.4, 0.5) is 10.6 Å². The first-order chi connectivity index (χ1) is 14.2. The van der Waals surface area contributed by atoms with Gasteiger partial charge in [0.2, 0.25) is 0 Å². The van der Waals surface area contributed by atoms with E-state index in [2.05, 4.69) is 57.4 Å². The zero-order valence-electron chi connectivity index (χ0n) is 16.8. The zero-order valence-corrected chi connectivity index (χ0v) is 17.6. The van der Waals surface area contributed by atoms with Crippen molar-refractivity contribution in [3.63, 3.8) is 0 Å². The average Bonchev–Trinajstić information content (AvgIpc) is 3.21. The molecule has 1 saturated heterocycles. The molecule has 0 unspecified atom stereocenters. The van der Waals surface area contributed by atoms with Crippen molar-refractivity contribution in [3.8, 4) is 0 Å². The standard InChI is InChI=1S/C22H27N5OS/c1-2-18-15-19-20(24-16-25-21(19)29-18)26-11-13-27(14-12-26)22(28)23-10-6-9-17-7-4-3-5-8-17/h3-5,7-8,15-16H,2,6,9-14H2,1H3,(H,23,28). The van der Waals surface area contributed by atoms with Gasteiger partial charge in [-0.2, -0.15) is 0 Å². The van der Waals surface area contributed by atoms with Crippen LogP contribution in [0.15, 0.2) is 42.7 Å². The van der Waals surface area contributed by atoms with Crippen molar-refractivity contribution in [3.05, 3.63) is 53.2 Å². The Bertz CT molecular complexity index is 950. The van der Waals surface area contributed by atoms with Gasteiger partial charge in [-0.25, -0.2) is 14.8 Å². The number of thiophene rings is 1. The second-order valence-electron chi connectivity index (χ2n) is 7.28. The summed E-state index contributed by atoms with van der Waals surface area (Å²) in [5.74, 6) is 0.994. The molecular formula is C22H27N5OS. The van der Waals surface area contributed by atoms with E-state index in [4.69, 9.17) is 0 Å². The maximum Gasteiger partial charge on any atom is 0.317 e. The molecule has 1 aromatic carbocycles. The summed E-state index contributed by atoms with van der Waals surface area (Å²) in [7, 11) is 0. The molecule has 6 nitrogen and oxygen atoms in total. The summed E-state index contributed by atoms with van der Waals surface area (Å²) in [6.45, 7) is 5.87. The molecule has 152 valence electrons. The molecule has 0 saturated carbocycles. The lowest BCUT2D eigenvalue weighted by Crippen LogP contribution is -2.52. The van der Waals surface area contributed by atoms with Crippen molar-refractivity contribution in [2.75, 3.05) is 37.6 Å². The summed E-state index contributed by atoms with van der Waals surface area (Å²) in [5.41, 5.74) is 1.31. The molecule has 0 spiro atoms. The Morgan fingerprint density at radius 3 is 2.69 bits per heavy atom. The Labute approximate surface area is 175 Å². The Kier molecular flexibility index (Phi) is 6.24. The lowest BCUT2D eigenvalue weighted by Gasteiger charge is -2.35. The lowest BCUT2D eigenvalue weighted by molar-refractivity contribution is 0.194. The number of carbonyl (C=O) groups is 1. The molecule has 7 heteroatoms. The lowest BCUT2D eigenvalue weighted by atomic mass is 10.1. The second kappa shape index (κ2) is 9.22. The molecule has 0 radical (unpaired) electrons. The SMILES string of the molecule is CCc1cc2c(N3CCN(C(=O)NCCCc4ccccc4)CC3)ncnc2s1. The smallest absolute Gasteiger partial charge is 0.317 e. The highest BCUT2D eigenvalue weighted by molar-refractivity contribution is 7.18. The van der Waals surface area contributed by atoms with Crippen molar-refractivity contribution >= 4 is 33.4 Å². The summed E-state index contributed by atoms with van der Waals surface area (Å²) in [5, 5.41) is 4.19. The number of hydrogen-bond acceptors (Lipinski definition) is 5. The van der Waals surface area contributed by atoms with Gasteiger partial charge in [0, 0.05) is 37.6 Å². The number of nitrogens with one attached hydrogen (secondary N) is 1. The van der Waals surface area contributed by atoms with Crippen LogP contribution in [-0.2, 0) is 12.8 Å². The summed E-state index contributed by atoms with van der Waals surface area (Å²) in [6.07, 6.45) is 4.60. The van der Waals surface area contributed by atoms with Crippen molar-refractivity contribution in [1.29, 1.82) is 0 Å². The third-order valence-electron chi connectivity index (χ3n) is 5.34. The summed E-state index contributed by atoms with van der Waals surface area (Å²) < 4.78 is 0. The Balaban J connectivity index is 1.27. The summed E-state index contributed by atoms with van der Waals surface area (Å²) in [6, 6.07) is 12.6. The van der Waals surface area contributed by atoms with Crippen LogP contribution in [0.1, 0.15) is 23.8 Å². The van der Waals surface area contributed by atoms with Crippen molar-refractivity contribution in [2.45, 2.75) is 26.2 Å². The Hall–Kier alpha value is -2.67. The van der Waals surface area contributed by atoms with Crippen LogP contribution < -0.4 is 10.2 Å². The van der Waals surface area contributed by atoms with Gasteiger partial charge in [0.25, 0.3) is 0 Å². The first kappa shape index (κ1) is 19.6. The van der Waals surface area contributed by atoms with E-state index in [1.165, 1.54) is 10.4 Å². The normalized spacial score (nSPS) is 14.4. The molecule has 2 aromatic heterocycles. The van der Waals surface area contributed by atoms with E-state index in [0.717, 1.165) is 48.4 Å². The van der Waals surface area contributed by atoms with Crippen molar-refractivity contribution < 1.29 is 4.79 Å². The third kappa shape index (κ3) is 4.67. The molecule has 0 bridgehead atoms. The minimum atomic E-state index is 0.0364. The highest BCUT2D eigenvalue weighted by atomic mass is 32.1. The van der Waals surface area contributed by atoms with Gasteiger partial charge in [-0.15, -0.1) is 11.3 Å². The van der Waals surface area contributed by atoms with Gasteiger partial charge < -0.3 is 15.1 Å². The monoisotopic (exact) mass is 409 g/mol. The number of urea groups is 1. The number of benzene rings is 1. The predicted octanol–water partition coefficient (Wildman–Crippen LogP) is 3.72. The van der Waals surface area contributed by atoms with Gasteiger partial charge >= 0.3 is 6.03 Å². The van der Waals surface area contributed by atoms with Crippen LogP contribution in [0.2, 0.25) is 0 Å². The molecule has 1 aliphatic heterocycles. The van der Waals surface area contributed by atoms with E-state index in [0.29, 0.717) is 19.6 Å². The largest absolute Gasteiger partial charge is 0.352 e. The quantitative estimate of drug-likeness (QED) is 0.631. The third-order valence-corrected chi connectivity index (χ3v) is 6.52. The molecule has 4 rings (SSSR count). The van der Waals surface area contributed by atoms with Crippen molar-refractivity contribution in [1.82, 2.24) is 20.2 Å². The number of aryl methyl sites for hydroxylation is 2. The maximum atomic E-state index is 12.5. The van der Waals surface area contributed by atoms with Crippen LogP contribution in [0.3, 0.4) is 0 Å². The van der Waals surface area contributed by atoms with E-state index >= 15 is 0 Å². The topological polar surface area (TPSA) is 61.4 Å². The minimum absolute atomic E-state index is 0.0364. The number of carbonyl (C=O) groups excluding carboxylic acids is 1. The molecular weight excluding hydrogens is 382 g/mol. The van der Waals surface area contributed by atoms with E-state index in [1.54, 1.807) is 17.7 Å². The van der Waals surface area contributed by atoms with Gasteiger partial charge in [-0.3, -0.25) is 0 Å². The van der Waals surface area contributed by atoms with E-state index in [9.17, 15) is 4.79 Å². The fraction of sp³-hybridized carbons (Fsp3) is 0.409. The van der Waals surface area contributed by atoms with Gasteiger partial charge in [0.05, 0.1) is 5.39 Å². The number of amides is 2. The molecule has 0 aliphatic carbocycles. The fourth-order valence-electron chi connectivity index (χ4n) is 3.68. The number of aromatic nitrogens is 2. The van der Waals surface area contributed by atoms with Gasteiger partial charge in [-0.1, -0.05) is 37.3 Å². The Morgan fingerprint density at radius 2 is 1.93 bits per heavy atom. The predicted molar refractivity (Wildman–Crippen MR) is 119 cm³/mol. The molecule has 1 fully saturated rings. The molecule has 1 aliphatic rings. The Morgan fingerprint density at radius 1 is 1.14 bits per heavy atom. The van der Waals surface area contributed by atoms with Crippen LogP contribution in [0.25, 0.3) is 10.2 Å². The number of piperazine rings is 1. The van der Waals surface area contributed by atoms with Gasteiger partial charge in [0.15, 0.2) is 0 Å². The second-order valence-corrected chi connectivity index (χ2v) is 8.39. The first-order valence-corrected chi connectivity index (χ1v) is 11.1. The van der Waals surface area contributed by atoms with Crippen LogP contribution in [0, 0.1) is 0 Å². The van der Waals surface area contributed by atoms with E-state index in [1.807, 2.05) is 11.0 Å². The molecule has 0 atom stereocenters. The fourth-order valence-corrected chi connectivity index (χ4v) is 4.61.